The van der Waals surface area contributed by atoms with Gasteiger partial charge in [-0.3, -0.25) is 4.79 Å². The highest BCUT2D eigenvalue weighted by Crippen LogP contribution is 2.35. The molecular weight excluding hydrogens is 352 g/mol. The number of ether oxygens (including phenoxy) is 5. The first kappa shape index (κ1) is 20.1. The Labute approximate surface area is 157 Å². The van der Waals surface area contributed by atoms with Gasteiger partial charge in [0.25, 0.3) is 0 Å². The summed E-state index contributed by atoms with van der Waals surface area (Å²) in [4.78, 5) is 25.1. The van der Waals surface area contributed by atoms with Crippen molar-refractivity contribution in [1.82, 2.24) is 0 Å². The van der Waals surface area contributed by atoms with Gasteiger partial charge in [-0.05, 0) is 31.2 Å². The van der Waals surface area contributed by atoms with Crippen LogP contribution in [0.4, 0.5) is 0 Å². The molecule has 0 amide bonds. The first-order valence-corrected chi connectivity index (χ1v) is 8.14. The van der Waals surface area contributed by atoms with Crippen molar-refractivity contribution in [3.63, 3.8) is 0 Å². The Hall–Kier alpha value is -3.22. The fourth-order valence-electron chi connectivity index (χ4n) is 2.46. The second kappa shape index (κ2) is 8.93. The number of ketones is 1. The van der Waals surface area contributed by atoms with E-state index in [1.54, 1.807) is 24.3 Å². The number of carbonyl (C=O) groups is 2. The van der Waals surface area contributed by atoms with Gasteiger partial charge in [0.15, 0.2) is 17.6 Å². The van der Waals surface area contributed by atoms with Crippen LogP contribution < -0.4 is 18.9 Å². The molecule has 0 unspecified atom stereocenters. The maximum atomic E-state index is 12.6. The lowest BCUT2D eigenvalue weighted by Crippen LogP contribution is -2.24. The van der Waals surface area contributed by atoms with Crippen molar-refractivity contribution in [2.24, 2.45) is 0 Å². The van der Waals surface area contributed by atoms with E-state index in [0.717, 1.165) is 0 Å². The lowest BCUT2D eigenvalue weighted by Gasteiger charge is -2.16. The zero-order chi connectivity index (χ0) is 20.0. The van der Waals surface area contributed by atoms with Gasteiger partial charge in [-0.2, -0.15) is 0 Å². The van der Waals surface area contributed by atoms with E-state index in [0.29, 0.717) is 22.8 Å². The van der Waals surface area contributed by atoms with E-state index in [1.807, 2.05) is 0 Å². The zero-order valence-corrected chi connectivity index (χ0v) is 15.9. The van der Waals surface area contributed by atoms with Gasteiger partial charge in [0.05, 0.1) is 28.4 Å². The number of hydrogen-bond acceptors (Lipinski definition) is 7. The molecule has 0 saturated heterocycles. The summed E-state index contributed by atoms with van der Waals surface area (Å²) in [6, 6.07) is 9.53. The van der Waals surface area contributed by atoms with Crippen LogP contribution in [-0.2, 0) is 4.74 Å². The molecule has 7 nitrogen and oxygen atoms in total. The van der Waals surface area contributed by atoms with Crippen molar-refractivity contribution in [3.8, 4) is 23.0 Å². The van der Waals surface area contributed by atoms with Gasteiger partial charge in [0.1, 0.15) is 17.1 Å². The Bertz CT molecular complexity index is 812. The molecule has 0 aliphatic heterocycles. The third-order valence-corrected chi connectivity index (χ3v) is 3.95. The molecule has 0 heterocycles. The van der Waals surface area contributed by atoms with Crippen molar-refractivity contribution in [3.05, 3.63) is 47.5 Å². The molecule has 2 rings (SSSR count). The average Bonchev–Trinajstić information content (AvgIpc) is 2.71. The zero-order valence-electron chi connectivity index (χ0n) is 15.9. The third-order valence-electron chi connectivity index (χ3n) is 3.95. The molecule has 0 radical (unpaired) electrons. The van der Waals surface area contributed by atoms with E-state index in [2.05, 4.69) is 0 Å². The topological polar surface area (TPSA) is 80.3 Å². The number of benzene rings is 2. The van der Waals surface area contributed by atoms with Crippen LogP contribution in [0.2, 0.25) is 0 Å². The molecule has 0 N–H and O–H groups in total. The van der Waals surface area contributed by atoms with E-state index >= 15 is 0 Å². The maximum Gasteiger partial charge on any atom is 0.342 e. The van der Waals surface area contributed by atoms with Crippen LogP contribution >= 0.6 is 0 Å². The summed E-state index contributed by atoms with van der Waals surface area (Å²) in [5.41, 5.74) is 0.542. The Morgan fingerprint density at radius 1 is 0.778 bits per heavy atom. The first-order chi connectivity index (χ1) is 12.9. The highest BCUT2D eigenvalue weighted by molar-refractivity contribution is 6.02. The molecule has 7 heteroatoms. The molecule has 0 spiro atoms. The van der Waals surface area contributed by atoms with Gasteiger partial charge in [0, 0.05) is 17.7 Å². The summed E-state index contributed by atoms with van der Waals surface area (Å²) in [6.07, 6.45) is -0.983. The summed E-state index contributed by atoms with van der Waals surface area (Å²) in [5, 5.41) is 0. The van der Waals surface area contributed by atoms with Gasteiger partial charge in [-0.1, -0.05) is 0 Å². The normalized spacial score (nSPS) is 11.3. The molecule has 1 atom stereocenters. The third kappa shape index (κ3) is 4.49. The lowest BCUT2D eigenvalue weighted by atomic mass is 10.1. The largest absolute Gasteiger partial charge is 0.497 e. The molecule has 27 heavy (non-hydrogen) atoms. The number of Topliss-reactive ketones (excluding diaryl/α,β-unsaturated/α-hetero) is 1. The monoisotopic (exact) mass is 374 g/mol. The van der Waals surface area contributed by atoms with Crippen molar-refractivity contribution < 1.29 is 33.3 Å². The Morgan fingerprint density at radius 3 is 1.85 bits per heavy atom. The van der Waals surface area contributed by atoms with Gasteiger partial charge in [-0.25, -0.2) is 4.79 Å². The Morgan fingerprint density at radius 2 is 1.33 bits per heavy atom. The van der Waals surface area contributed by atoms with Crippen molar-refractivity contribution in [2.75, 3.05) is 28.4 Å². The van der Waals surface area contributed by atoms with Crippen LogP contribution in [-0.4, -0.2) is 46.3 Å². The quantitative estimate of drug-likeness (QED) is 0.519. The van der Waals surface area contributed by atoms with E-state index in [9.17, 15) is 9.59 Å². The number of hydrogen-bond donors (Lipinski definition) is 0. The summed E-state index contributed by atoms with van der Waals surface area (Å²) in [7, 11) is 5.89. The van der Waals surface area contributed by atoms with Crippen LogP contribution in [0, 0.1) is 0 Å². The molecule has 2 aromatic carbocycles. The van der Waals surface area contributed by atoms with E-state index in [-0.39, 0.29) is 17.1 Å². The van der Waals surface area contributed by atoms with E-state index in [4.69, 9.17) is 23.7 Å². The number of rotatable bonds is 8. The lowest BCUT2D eigenvalue weighted by molar-refractivity contribution is 0.0315. The van der Waals surface area contributed by atoms with E-state index in [1.165, 1.54) is 47.5 Å². The minimum Gasteiger partial charge on any atom is -0.497 e. The molecule has 0 aliphatic rings. The molecule has 0 aromatic heterocycles. The highest BCUT2D eigenvalue weighted by atomic mass is 16.5. The van der Waals surface area contributed by atoms with Crippen LogP contribution in [0.3, 0.4) is 0 Å². The fraction of sp³-hybridized carbons (Fsp3) is 0.300. The molecule has 0 saturated carbocycles. The summed E-state index contributed by atoms with van der Waals surface area (Å²) < 4.78 is 26.0. The molecule has 0 fully saturated rings. The SMILES string of the molecule is COc1ccc(C(=O)[C@@H](C)OC(=O)c2cc(OC)c(OC)cc2OC)cc1. The smallest absolute Gasteiger partial charge is 0.342 e. The minimum absolute atomic E-state index is 0.129. The van der Waals surface area contributed by atoms with E-state index < -0.39 is 12.1 Å². The Balaban J connectivity index is 2.21. The summed E-state index contributed by atoms with van der Waals surface area (Å²) >= 11 is 0. The highest BCUT2D eigenvalue weighted by Gasteiger charge is 2.24. The molecular formula is C20H22O7. The molecule has 0 bridgehead atoms. The van der Waals surface area contributed by atoms with Crippen LogP contribution in [0.15, 0.2) is 36.4 Å². The molecule has 144 valence electrons. The molecule has 2 aromatic rings. The number of methoxy groups -OCH3 is 4. The Kier molecular flexibility index (Phi) is 6.65. The second-order valence-electron chi connectivity index (χ2n) is 5.55. The predicted molar refractivity (Wildman–Crippen MR) is 98.3 cm³/mol. The minimum atomic E-state index is -0.983. The van der Waals surface area contributed by atoms with Crippen LogP contribution in [0.25, 0.3) is 0 Å². The fourth-order valence-corrected chi connectivity index (χ4v) is 2.46. The standard InChI is InChI=1S/C20H22O7/c1-12(19(21)13-6-8-14(23-2)9-7-13)27-20(22)15-10-17(25-4)18(26-5)11-16(15)24-3/h6-12H,1-5H3/t12-/m1/s1. The molecule has 0 aliphatic carbocycles. The predicted octanol–water partition coefficient (Wildman–Crippen LogP) is 3.15. The maximum absolute atomic E-state index is 12.6. The average molecular weight is 374 g/mol. The summed E-state index contributed by atoms with van der Waals surface area (Å²) in [6.45, 7) is 1.51. The van der Waals surface area contributed by atoms with Gasteiger partial charge in [0.2, 0.25) is 5.78 Å². The van der Waals surface area contributed by atoms with Crippen molar-refractivity contribution in [1.29, 1.82) is 0 Å². The van der Waals surface area contributed by atoms with Gasteiger partial charge < -0.3 is 23.7 Å². The van der Waals surface area contributed by atoms with Gasteiger partial charge in [-0.15, -0.1) is 0 Å². The number of carbonyl (C=O) groups excluding carboxylic acids is 2. The van der Waals surface area contributed by atoms with Crippen LogP contribution in [0.5, 0.6) is 23.0 Å². The van der Waals surface area contributed by atoms with Crippen LogP contribution in [0.1, 0.15) is 27.6 Å². The first-order valence-electron chi connectivity index (χ1n) is 8.14. The second-order valence-corrected chi connectivity index (χ2v) is 5.55. The van der Waals surface area contributed by atoms with Crippen molar-refractivity contribution >= 4 is 11.8 Å². The summed E-state index contributed by atoms with van der Waals surface area (Å²) in [5.74, 6) is 0.605. The van der Waals surface area contributed by atoms with Gasteiger partial charge >= 0.3 is 5.97 Å². The number of esters is 1. The van der Waals surface area contributed by atoms with Crippen molar-refractivity contribution in [2.45, 2.75) is 13.0 Å².